The molecule has 2 aromatic rings. The Labute approximate surface area is 137 Å². The molecule has 2 nitrogen and oxygen atoms in total. The molecular formula is C17H14BrClN2. The van der Waals surface area contributed by atoms with Crippen LogP contribution in [0.1, 0.15) is 30.2 Å². The zero-order valence-electron chi connectivity index (χ0n) is 11.7. The number of aromatic nitrogens is 1. The Kier molecular flexibility index (Phi) is 4.01. The van der Waals surface area contributed by atoms with Crippen molar-refractivity contribution in [2.24, 2.45) is 5.92 Å². The molecule has 0 aliphatic heterocycles. The van der Waals surface area contributed by atoms with Gasteiger partial charge in [-0.1, -0.05) is 52.7 Å². The maximum atomic E-state index is 9.53. The summed E-state index contributed by atoms with van der Waals surface area (Å²) in [4.78, 5) is 4.46. The minimum Gasteiger partial charge on any atom is -0.239 e. The highest BCUT2D eigenvalue weighted by atomic mass is 79.9. The van der Waals surface area contributed by atoms with Crippen LogP contribution in [-0.2, 0) is 12.8 Å². The minimum atomic E-state index is 0.316. The van der Waals surface area contributed by atoms with E-state index < -0.39 is 0 Å². The summed E-state index contributed by atoms with van der Waals surface area (Å²) in [5.74, 6) is 0.605. The highest BCUT2D eigenvalue weighted by molar-refractivity contribution is 9.10. The molecule has 0 spiro atoms. The Bertz CT molecular complexity index is 749. The van der Waals surface area contributed by atoms with E-state index in [0.717, 1.165) is 40.6 Å². The third-order valence-corrected chi connectivity index (χ3v) is 4.99. The number of rotatable bonds is 1. The number of benzene rings is 1. The lowest BCUT2D eigenvalue weighted by molar-refractivity contribution is 0.494. The van der Waals surface area contributed by atoms with Crippen molar-refractivity contribution in [3.8, 4) is 17.2 Å². The second-order valence-electron chi connectivity index (χ2n) is 5.52. The predicted octanol–water partition coefficient (Wildman–Crippen LogP) is 5.16. The fraction of sp³-hybridized carbons (Fsp3) is 0.294. The number of hydrogen-bond donors (Lipinski definition) is 0. The van der Waals surface area contributed by atoms with Gasteiger partial charge in [0.15, 0.2) is 0 Å². The molecule has 0 unspecified atom stereocenters. The maximum Gasteiger partial charge on any atom is 0.147 e. The van der Waals surface area contributed by atoms with E-state index >= 15 is 0 Å². The molecule has 106 valence electrons. The van der Waals surface area contributed by atoms with Gasteiger partial charge in [-0.15, -0.1) is 0 Å². The van der Waals surface area contributed by atoms with Crippen molar-refractivity contribution < 1.29 is 0 Å². The summed E-state index contributed by atoms with van der Waals surface area (Å²) < 4.78 is 0.976. The van der Waals surface area contributed by atoms with Gasteiger partial charge in [-0.25, -0.2) is 4.98 Å². The van der Waals surface area contributed by atoms with Crippen molar-refractivity contribution in [1.29, 1.82) is 5.26 Å². The first-order valence-corrected chi connectivity index (χ1v) is 8.15. The summed E-state index contributed by atoms with van der Waals surface area (Å²) in [7, 11) is 0. The Hall–Kier alpha value is -1.37. The molecule has 0 amide bonds. The summed E-state index contributed by atoms with van der Waals surface area (Å²) in [5, 5.41) is 9.85. The average Bonchev–Trinajstić information content (AvgIpc) is 2.47. The Morgan fingerprint density at radius 2 is 2.14 bits per heavy atom. The van der Waals surface area contributed by atoms with E-state index in [-0.39, 0.29) is 0 Å². The van der Waals surface area contributed by atoms with Crippen LogP contribution >= 0.6 is 27.5 Å². The lowest BCUT2D eigenvalue weighted by atomic mass is 9.82. The molecular weight excluding hydrogens is 348 g/mol. The highest BCUT2D eigenvalue weighted by Crippen LogP contribution is 2.40. The summed E-state index contributed by atoms with van der Waals surface area (Å²) in [6.07, 6.45) is 3.00. The lowest BCUT2D eigenvalue weighted by Gasteiger charge is -2.25. The van der Waals surface area contributed by atoms with Crippen molar-refractivity contribution in [3.63, 3.8) is 0 Å². The Morgan fingerprint density at radius 3 is 2.86 bits per heavy atom. The number of pyridine rings is 1. The van der Waals surface area contributed by atoms with Gasteiger partial charge in [-0.2, -0.15) is 5.26 Å². The number of nitrogens with zero attached hydrogens (tertiary/aromatic N) is 2. The van der Waals surface area contributed by atoms with Crippen molar-refractivity contribution in [2.45, 2.75) is 26.2 Å². The van der Waals surface area contributed by atoms with Crippen LogP contribution in [0.4, 0.5) is 0 Å². The molecule has 21 heavy (non-hydrogen) atoms. The molecule has 0 fully saturated rings. The largest absolute Gasteiger partial charge is 0.239 e. The second kappa shape index (κ2) is 5.79. The first-order chi connectivity index (χ1) is 10.1. The van der Waals surface area contributed by atoms with E-state index in [1.807, 2.05) is 24.3 Å². The van der Waals surface area contributed by atoms with Crippen molar-refractivity contribution in [1.82, 2.24) is 4.98 Å². The zero-order chi connectivity index (χ0) is 15.0. The molecule has 0 bridgehead atoms. The smallest absolute Gasteiger partial charge is 0.147 e. The number of hydrogen-bond acceptors (Lipinski definition) is 2. The molecule has 1 aliphatic rings. The van der Waals surface area contributed by atoms with Crippen molar-refractivity contribution >= 4 is 27.5 Å². The van der Waals surface area contributed by atoms with Gasteiger partial charge < -0.3 is 0 Å². The van der Waals surface area contributed by atoms with Gasteiger partial charge in [-0.05, 0) is 42.4 Å². The van der Waals surface area contributed by atoms with E-state index in [1.54, 1.807) is 0 Å². The molecule has 4 heteroatoms. The number of halogens is 2. The Morgan fingerprint density at radius 1 is 1.38 bits per heavy atom. The zero-order valence-corrected chi connectivity index (χ0v) is 14.0. The molecule has 1 aromatic carbocycles. The molecule has 0 saturated carbocycles. The third kappa shape index (κ3) is 2.59. The van der Waals surface area contributed by atoms with Crippen LogP contribution in [0.5, 0.6) is 0 Å². The van der Waals surface area contributed by atoms with Gasteiger partial charge in [0.05, 0.1) is 5.56 Å². The number of fused-ring (bicyclic) bond motifs is 1. The predicted molar refractivity (Wildman–Crippen MR) is 88.3 cm³/mol. The van der Waals surface area contributed by atoms with Gasteiger partial charge in [0.1, 0.15) is 11.2 Å². The SMILES string of the molecule is C[C@H]1CCc2nc(Cl)c(C#N)c(-c3ccccc3Br)c2C1. The van der Waals surface area contributed by atoms with Gasteiger partial charge >= 0.3 is 0 Å². The van der Waals surface area contributed by atoms with Crippen LogP contribution in [0.15, 0.2) is 28.7 Å². The summed E-state index contributed by atoms with van der Waals surface area (Å²) >= 11 is 9.85. The summed E-state index contributed by atoms with van der Waals surface area (Å²) in [6, 6.07) is 10.2. The summed E-state index contributed by atoms with van der Waals surface area (Å²) in [6.45, 7) is 2.24. The standard InChI is InChI=1S/C17H14BrClN2/c1-10-6-7-15-12(8-10)16(13(9-20)17(19)21-15)11-4-2-3-5-14(11)18/h2-5,10H,6-8H2,1H3/t10-/m0/s1. The van der Waals surface area contributed by atoms with Crippen LogP contribution in [0, 0.1) is 17.2 Å². The average molecular weight is 362 g/mol. The third-order valence-electron chi connectivity index (χ3n) is 4.02. The molecule has 0 N–H and O–H groups in total. The molecule has 0 saturated heterocycles. The molecule has 1 atom stereocenters. The van der Waals surface area contributed by atoms with E-state index in [1.165, 1.54) is 5.56 Å². The van der Waals surface area contributed by atoms with Crippen LogP contribution < -0.4 is 0 Å². The van der Waals surface area contributed by atoms with Crippen LogP contribution in [0.3, 0.4) is 0 Å². The van der Waals surface area contributed by atoms with Gasteiger partial charge in [0.2, 0.25) is 0 Å². The highest BCUT2D eigenvalue weighted by Gasteiger charge is 2.25. The topological polar surface area (TPSA) is 36.7 Å². The fourth-order valence-electron chi connectivity index (χ4n) is 2.96. The maximum absolute atomic E-state index is 9.53. The quantitative estimate of drug-likeness (QED) is 0.658. The Balaban J connectivity index is 2.35. The molecule has 1 aliphatic carbocycles. The van der Waals surface area contributed by atoms with Crippen molar-refractivity contribution in [3.05, 3.63) is 50.7 Å². The molecule has 1 aromatic heterocycles. The van der Waals surface area contributed by atoms with E-state index in [0.29, 0.717) is 16.6 Å². The van der Waals surface area contributed by atoms with Crippen LogP contribution in [0.2, 0.25) is 5.15 Å². The van der Waals surface area contributed by atoms with Crippen molar-refractivity contribution in [2.75, 3.05) is 0 Å². The van der Waals surface area contributed by atoms with Gasteiger partial charge in [0.25, 0.3) is 0 Å². The number of aryl methyl sites for hydroxylation is 1. The summed E-state index contributed by atoms with van der Waals surface area (Å²) in [5.41, 5.74) is 4.68. The lowest BCUT2D eigenvalue weighted by Crippen LogP contribution is -2.15. The normalized spacial score (nSPS) is 17.1. The fourth-order valence-corrected chi connectivity index (χ4v) is 3.69. The van der Waals surface area contributed by atoms with Gasteiger partial charge in [-0.3, -0.25) is 0 Å². The molecule has 0 radical (unpaired) electrons. The van der Waals surface area contributed by atoms with E-state index in [4.69, 9.17) is 11.6 Å². The van der Waals surface area contributed by atoms with Gasteiger partial charge in [0, 0.05) is 15.7 Å². The second-order valence-corrected chi connectivity index (χ2v) is 6.73. The number of nitriles is 1. The first-order valence-electron chi connectivity index (χ1n) is 6.98. The molecule has 1 heterocycles. The van der Waals surface area contributed by atoms with Crippen LogP contribution in [-0.4, -0.2) is 4.98 Å². The van der Waals surface area contributed by atoms with E-state index in [9.17, 15) is 5.26 Å². The first kappa shape index (κ1) is 14.6. The minimum absolute atomic E-state index is 0.316. The molecule has 3 rings (SSSR count). The van der Waals surface area contributed by atoms with Crippen LogP contribution in [0.25, 0.3) is 11.1 Å². The monoisotopic (exact) mass is 360 g/mol. The van der Waals surface area contributed by atoms with E-state index in [2.05, 4.69) is 33.9 Å².